The van der Waals surface area contributed by atoms with E-state index in [4.69, 9.17) is 9.47 Å². The molecule has 0 aliphatic carbocycles. The SMILES string of the molecule is CC1([C@@H]2CCCN(C(=O)NCCc3ccsc3)C2)OCCO1. The maximum absolute atomic E-state index is 12.3. The number of hydrogen-bond acceptors (Lipinski definition) is 4. The third-order valence-electron chi connectivity index (χ3n) is 4.58. The fraction of sp³-hybridized carbons (Fsp3) is 0.688. The van der Waals surface area contributed by atoms with Gasteiger partial charge in [0.15, 0.2) is 5.79 Å². The number of nitrogens with zero attached hydrogens (tertiary/aromatic N) is 1. The van der Waals surface area contributed by atoms with E-state index in [1.807, 2.05) is 11.8 Å². The predicted octanol–water partition coefficient (Wildman–Crippen LogP) is 2.48. The van der Waals surface area contributed by atoms with Crippen molar-refractivity contribution in [3.8, 4) is 0 Å². The molecule has 2 aliphatic heterocycles. The average molecular weight is 324 g/mol. The highest BCUT2D eigenvalue weighted by molar-refractivity contribution is 7.07. The summed E-state index contributed by atoms with van der Waals surface area (Å²) in [7, 11) is 0. The molecular formula is C16H24N2O3S. The van der Waals surface area contributed by atoms with Crippen molar-refractivity contribution in [2.75, 3.05) is 32.8 Å². The van der Waals surface area contributed by atoms with Crippen LogP contribution in [0.4, 0.5) is 4.79 Å². The van der Waals surface area contributed by atoms with Crippen molar-refractivity contribution in [2.24, 2.45) is 5.92 Å². The molecule has 0 aromatic carbocycles. The minimum absolute atomic E-state index is 0.0292. The number of nitrogens with one attached hydrogen (secondary N) is 1. The van der Waals surface area contributed by atoms with Crippen LogP contribution in [0.15, 0.2) is 16.8 Å². The number of likely N-dealkylation sites (tertiary alicyclic amines) is 1. The summed E-state index contributed by atoms with van der Waals surface area (Å²) in [4.78, 5) is 14.2. The molecule has 0 spiro atoms. The first kappa shape index (κ1) is 15.8. The minimum atomic E-state index is -0.518. The molecular weight excluding hydrogens is 300 g/mol. The van der Waals surface area contributed by atoms with Crippen LogP contribution in [-0.2, 0) is 15.9 Å². The van der Waals surface area contributed by atoms with E-state index >= 15 is 0 Å². The van der Waals surface area contributed by atoms with Gasteiger partial charge in [0, 0.05) is 25.6 Å². The van der Waals surface area contributed by atoms with E-state index in [-0.39, 0.29) is 11.9 Å². The Morgan fingerprint density at radius 3 is 3.05 bits per heavy atom. The normalized spacial score (nSPS) is 24.4. The first-order valence-corrected chi connectivity index (χ1v) is 8.93. The van der Waals surface area contributed by atoms with Crippen LogP contribution in [-0.4, -0.2) is 49.6 Å². The molecule has 1 atom stereocenters. The van der Waals surface area contributed by atoms with Crippen LogP contribution in [0.1, 0.15) is 25.3 Å². The molecule has 2 amide bonds. The Balaban J connectivity index is 1.47. The van der Waals surface area contributed by atoms with Crippen LogP contribution < -0.4 is 5.32 Å². The third kappa shape index (κ3) is 3.62. The Bertz CT molecular complexity index is 486. The summed E-state index contributed by atoms with van der Waals surface area (Å²) in [6, 6.07) is 2.13. The molecule has 1 N–H and O–H groups in total. The van der Waals surface area contributed by atoms with Gasteiger partial charge in [0.2, 0.25) is 0 Å². The highest BCUT2D eigenvalue weighted by Gasteiger charge is 2.42. The average Bonchev–Trinajstić information content (AvgIpc) is 3.20. The van der Waals surface area contributed by atoms with Gasteiger partial charge in [-0.05, 0) is 48.6 Å². The molecule has 3 heterocycles. The Morgan fingerprint density at radius 2 is 2.32 bits per heavy atom. The Kier molecular flexibility index (Phi) is 5.00. The summed E-state index contributed by atoms with van der Waals surface area (Å²) in [5.74, 6) is -0.262. The quantitative estimate of drug-likeness (QED) is 0.926. The van der Waals surface area contributed by atoms with Crippen molar-refractivity contribution < 1.29 is 14.3 Å². The molecule has 0 radical (unpaired) electrons. The highest BCUT2D eigenvalue weighted by atomic mass is 32.1. The molecule has 1 aromatic rings. The maximum atomic E-state index is 12.3. The molecule has 6 heteroatoms. The first-order chi connectivity index (χ1) is 10.7. The van der Waals surface area contributed by atoms with Crippen LogP contribution in [0.2, 0.25) is 0 Å². The van der Waals surface area contributed by atoms with Gasteiger partial charge in [-0.3, -0.25) is 0 Å². The fourth-order valence-electron chi connectivity index (χ4n) is 3.22. The second-order valence-corrected chi connectivity index (χ2v) is 6.89. The van der Waals surface area contributed by atoms with E-state index in [1.165, 1.54) is 5.56 Å². The minimum Gasteiger partial charge on any atom is -0.347 e. The largest absolute Gasteiger partial charge is 0.347 e. The molecule has 0 unspecified atom stereocenters. The smallest absolute Gasteiger partial charge is 0.317 e. The molecule has 0 bridgehead atoms. The van der Waals surface area contributed by atoms with E-state index in [1.54, 1.807) is 11.3 Å². The van der Waals surface area contributed by atoms with Crippen LogP contribution in [0, 0.1) is 5.92 Å². The summed E-state index contributed by atoms with van der Waals surface area (Å²) >= 11 is 1.69. The van der Waals surface area contributed by atoms with Gasteiger partial charge in [-0.25, -0.2) is 4.79 Å². The number of ether oxygens (including phenoxy) is 2. The fourth-order valence-corrected chi connectivity index (χ4v) is 3.92. The number of piperidine rings is 1. The molecule has 22 heavy (non-hydrogen) atoms. The second-order valence-electron chi connectivity index (χ2n) is 6.11. The molecule has 3 rings (SSSR count). The van der Waals surface area contributed by atoms with Gasteiger partial charge < -0.3 is 19.7 Å². The zero-order chi connectivity index (χ0) is 15.4. The Morgan fingerprint density at radius 1 is 1.50 bits per heavy atom. The van der Waals surface area contributed by atoms with Gasteiger partial charge >= 0.3 is 6.03 Å². The van der Waals surface area contributed by atoms with Crippen molar-refractivity contribution in [1.82, 2.24) is 10.2 Å². The Labute approximate surface area is 135 Å². The number of carbonyl (C=O) groups is 1. The Hall–Kier alpha value is -1.11. The summed E-state index contributed by atoms with van der Waals surface area (Å²) < 4.78 is 11.5. The highest BCUT2D eigenvalue weighted by Crippen LogP contribution is 2.33. The van der Waals surface area contributed by atoms with Gasteiger partial charge in [0.25, 0.3) is 0 Å². The van der Waals surface area contributed by atoms with Crippen molar-refractivity contribution in [3.63, 3.8) is 0 Å². The summed E-state index contributed by atoms with van der Waals surface area (Å²) in [5, 5.41) is 7.21. The van der Waals surface area contributed by atoms with Crippen LogP contribution in [0.3, 0.4) is 0 Å². The number of rotatable bonds is 4. The van der Waals surface area contributed by atoms with Crippen LogP contribution >= 0.6 is 11.3 Å². The van der Waals surface area contributed by atoms with Crippen LogP contribution in [0.5, 0.6) is 0 Å². The van der Waals surface area contributed by atoms with Crippen molar-refractivity contribution in [1.29, 1.82) is 0 Å². The lowest BCUT2D eigenvalue weighted by Crippen LogP contribution is -2.51. The van der Waals surface area contributed by atoms with Crippen molar-refractivity contribution in [2.45, 2.75) is 32.0 Å². The molecule has 122 valence electrons. The van der Waals surface area contributed by atoms with Gasteiger partial charge in [0.1, 0.15) is 0 Å². The van der Waals surface area contributed by atoms with Gasteiger partial charge in [-0.15, -0.1) is 0 Å². The molecule has 0 saturated carbocycles. The monoisotopic (exact) mass is 324 g/mol. The number of urea groups is 1. The maximum Gasteiger partial charge on any atom is 0.317 e. The first-order valence-electron chi connectivity index (χ1n) is 7.99. The van der Waals surface area contributed by atoms with Gasteiger partial charge in [0.05, 0.1) is 13.2 Å². The topological polar surface area (TPSA) is 50.8 Å². The number of carbonyl (C=O) groups excluding carboxylic acids is 1. The summed E-state index contributed by atoms with van der Waals surface area (Å²) in [6.07, 6.45) is 2.94. The third-order valence-corrected chi connectivity index (χ3v) is 5.31. The van der Waals surface area contributed by atoms with Gasteiger partial charge in [-0.1, -0.05) is 0 Å². The molecule has 2 fully saturated rings. The molecule has 2 saturated heterocycles. The number of hydrogen-bond donors (Lipinski definition) is 1. The van der Waals surface area contributed by atoms with E-state index in [2.05, 4.69) is 22.1 Å². The lowest BCUT2D eigenvalue weighted by atomic mass is 9.90. The summed E-state index contributed by atoms with van der Waals surface area (Å²) in [6.45, 7) is 5.51. The standard InChI is InChI=1S/C16H24N2O3S/c1-16(20-8-9-21-16)14-3-2-7-18(11-14)15(19)17-6-4-13-5-10-22-12-13/h5,10,12,14H,2-4,6-9,11H2,1H3,(H,17,19)/t14-/m1/s1. The van der Waals surface area contributed by atoms with E-state index in [0.29, 0.717) is 26.3 Å². The van der Waals surface area contributed by atoms with Crippen LogP contribution in [0.25, 0.3) is 0 Å². The lowest BCUT2D eigenvalue weighted by Gasteiger charge is -2.39. The lowest BCUT2D eigenvalue weighted by molar-refractivity contribution is -0.189. The predicted molar refractivity (Wildman–Crippen MR) is 86.0 cm³/mol. The second kappa shape index (κ2) is 6.98. The zero-order valence-electron chi connectivity index (χ0n) is 13.0. The molecule has 5 nitrogen and oxygen atoms in total. The zero-order valence-corrected chi connectivity index (χ0v) is 13.9. The van der Waals surface area contributed by atoms with Crippen molar-refractivity contribution in [3.05, 3.63) is 22.4 Å². The number of amides is 2. The van der Waals surface area contributed by atoms with E-state index in [9.17, 15) is 4.79 Å². The van der Waals surface area contributed by atoms with E-state index in [0.717, 1.165) is 25.8 Å². The van der Waals surface area contributed by atoms with E-state index < -0.39 is 5.79 Å². The molecule has 1 aromatic heterocycles. The summed E-state index contributed by atoms with van der Waals surface area (Å²) in [5.41, 5.74) is 1.28. The van der Waals surface area contributed by atoms with Crippen molar-refractivity contribution >= 4 is 17.4 Å². The molecule has 2 aliphatic rings. The number of thiophene rings is 1. The van der Waals surface area contributed by atoms with Gasteiger partial charge in [-0.2, -0.15) is 11.3 Å².